The van der Waals surface area contributed by atoms with Gasteiger partial charge in [0, 0.05) is 23.7 Å². The lowest BCUT2D eigenvalue weighted by Crippen LogP contribution is -2.25. The van der Waals surface area contributed by atoms with Gasteiger partial charge in [-0.1, -0.05) is 37.5 Å². The summed E-state index contributed by atoms with van der Waals surface area (Å²) in [4.78, 5) is 17.9. The van der Waals surface area contributed by atoms with E-state index >= 15 is 0 Å². The molecule has 0 aliphatic heterocycles. The minimum Gasteiger partial charge on any atom is -0.508 e. The molecule has 2 N–H and O–H groups in total. The van der Waals surface area contributed by atoms with Gasteiger partial charge in [0.1, 0.15) is 11.6 Å². The van der Waals surface area contributed by atoms with Gasteiger partial charge in [-0.3, -0.25) is 4.79 Å². The molecule has 0 spiro atoms. The standard InChI is InChI=1S/C30H33N3O4/c1-36-27-14-11-20(17-28(27)37-2)15-16-31-30(35)22-12-13-26-25(19-22)32-29(21-7-6-10-24(34)18-21)33(26)23-8-4-3-5-9-23/h6-7,10-14,17-19,23,34H,3-5,8-9,15-16H2,1-2H3,(H,31,35). The molecule has 192 valence electrons. The number of nitrogens with zero attached hydrogens (tertiary/aromatic N) is 2. The zero-order valence-corrected chi connectivity index (χ0v) is 21.4. The van der Waals surface area contributed by atoms with Crippen LogP contribution in [0, 0.1) is 0 Å². The highest BCUT2D eigenvalue weighted by Gasteiger charge is 2.23. The van der Waals surface area contributed by atoms with Crippen LogP contribution in [0.4, 0.5) is 0 Å². The first-order valence-electron chi connectivity index (χ1n) is 12.9. The van der Waals surface area contributed by atoms with Gasteiger partial charge in [0.15, 0.2) is 11.5 Å². The number of ether oxygens (including phenoxy) is 2. The SMILES string of the molecule is COc1ccc(CCNC(=O)c2ccc3c(c2)nc(-c2cccc(O)c2)n3C2CCCCC2)cc1OC. The number of amides is 1. The Morgan fingerprint density at radius 1 is 1.00 bits per heavy atom. The Morgan fingerprint density at radius 3 is 2.57 bits per heavy atom. The summed E-state index contributed by atoms with van der Waals surface area (Å²) in [6.45, 7) is 0.497. The predicted molar refractivity (Wildman–Crippen MR) is 145 cm³/mol. The van der Waals surface area contributed by atoms with E-state index in [1.54, 1.807) is 26.4 Å². The number of phenolic OH excluding ortho intramolecular Hbond substituents is 1. The highest BCUT2D eigenvalue weighted by molar-refractivity contribution is 5.98. The van der Waals surface area contributed by atoms with Crippen LogP contribution < -0.4 is 14.8 Å². The fourth-order valence-corrected chi connectivity index (χ4v) is 5.26. The van der Waals surface area contributed by atoms with Gasteiger partial charge < -0.3 is 24.5 Å². The molecular weight excluding hydrogens is 466 g/mol. The van der Waals surface area contributed by atoms with Crippen LogP contribution >= 0.6 is 0 Å². The second-order valence-corrected chi connectivity index (χ2v) is 9.55. The Labute approximate surface area is 217 Å². The molecule has 37 heavy (non-hydrogen) atoms. The molecule has 7 heteroatoms. The van der Waals surface area contributed by atoms with E-state index in [1.165, 1.54) is 19.3 Å². The maximum Gasteiger partial charge on any atom is 0.251 e. The van der Waals surface area contributed by atoms with E-state index in [0.717, 1.165) is 40.8 Å². The second-order valence-electron chi connectivity index (χ2n) is 9.55. The zero-order chi connectivity index (χ0) is 25.8. The van der Waals surface area contributed by atoms with E-state index < -0.39 is 0 Å². The lowest BCUT2D eigenvalue weighted by Gasteiger charge is -2.25. The van der Waals surface area contributed by atoms with E-state index in [1.807, 2.05) is 48.5 Å². The molecule has 0 saturated heterocycles. The van der Waals surface area contributed by atoms with Crippen molar-refractivity contribution in [1.29, 1.82) is 0 Å². The van der Waals surface area contributed by atoms with Crippen LogP contribution in [0.2, 0.25) is 0 Å². The van der Waals surface area contributed by atoms with Crippen molar-refractivity contribution in [2.75, 3.05) is 20.8 Å². The number of benzene rings is 3. The van der Waals surface area contributed by atoms with Gasteiger partial charge in [0.2, 0.25) is 0 Å². The molecule has 1 amide bonds. The number of aromatic hydroxyl groups is 1. The maximum atomic E-state index is 13.0. The minimum atomic E-state index is -0.131. The molecule has 5 rings (SSSR count). The van der Waals surface area contributed by atoms with Gasteiger partial charge >= 0.3 is 0 Å². The summed E-state index contributed by atoms with van der Waals surface area (Å²) in [5.74, 6) is 2.28. The Balaban J connectivity index is 1.37. The molecule has 7 nitrogen and oxygen atoms in total. The van der Waals surface area contributed by atoms with Crippen LogP contribution in [0.5, 0.6) is 17.2 Å². The van der Waals surface area contributed by atoms with E-state index in [-0.39, 0.29) is 11.7 Å². The first kappa shape index (κ1) is 24.7. The lowest BCUT2D eigenvalue weighted by atomic mass is 9.94. The first-order valence-corrected chi connectivity index (χ1v) is 12.9. The normalized spacial score (nSPS) is 14.0. The third-order valence-electron chi connectivity index (χ3n) is 7.14. The minimum absolute atomic E-state index is 0.131. The number of aromatic nitrogens is 2. The number of rotatable bonds is 8. The van der Waals surface area contributed by atoms with Crippen molar-refractivity contribution in [3.05, 3.63) is 71.8 Å². The molecule has 4 aromatic rings. The van der Waals surface area contributed by atoms with Gasteiger partial charge in [-0.15, -0.1) is 0 Å². The van der Waals surface area contributed by atoms with Crippen molar-refractivity contribution in [2.45, 2.75) is 44.6 Å². The average molecular weight is 500 g/mol. The highest BCUT2D eigenvalue weighted by atomic mass is 16.5. The summed E-state index contributed by atoms with van der Waals surface area (Å²) in [5, 5.41) is 13.1. The number of hydrogen-bond donors (Lipinski definition) is 2. The van der Waals surface area contributed by atoms with Crippen molar-refractivity contribution in [3.63, 3.8) is 0 Å². The van der Waals surface area contributed by atoms with Crippen molar-refractivity contribution in [2.24, 2.45) is 0 Å². The number of phenols is 1. The summed E-state index contributed by atoms with van der Waals surface area (Å²) >= 11 is 0. The van der Waals surface area contributed by atoms with E-state index in [4.69, 9.17) is 14.5 Å². The Morgan fingerprint density at radius 2 is 1.81 bits per heavy atom. The third-order valence-corrected chi connectivity index (χ3v) is 7.14. The van der Waals surface area contributed by atoms with Crippen molar-refractivity contribution < 1.29 is 19.4 Å². The Bertz CT molecular complexity index is 1410. The van der Waals surface area contributed by atoms with Gasteiger partial charge in [0.25, 0.3) is 5.91 Å². The summed E-state index contributed by atoms with van der Waals surface area (Å²) in [6.07, 6.45) is 6.55. The molecule has 3 aromatic carbocycles. The summed E-state index contributed by atoms with van der Waals surface area (Å²) in [7, 11) is 3.22. The number of carbonyl (C=O) groups excluding carboxylic acids is 1. The smallest absolute Gasteiger partial charge is 0.251 e. The van der Waals surface area contributed by atoms with Gasteiger partial charge in [-0.25, -0.2) is 4.98 Å². The monoisotopic (exact) mass is 499 g/mol. The maximum absolute atomic E-state index is 13.0. The molecule has 1 aliphatic rings. The van der Waals surface area contributed by atoms with Crippen LogP contribution in [0.1, 0.15) is 54.1 Å². The fourth-order valence-electron chi connectivity index (χ4n) is 5.26. The van der Waals surface area contributed by atoms with Gasteiger partial charge in [-0.05, 0) is 67.3 Å². The van der Waals surface area contributed by atoms with Crippen molar-refractivity contribution in [3.8, 4) is 28.6 Å². The number of carbonyl (C=O) groups is 1. The molecule has 0 bridgehead atoms. The highest BCUT2D eigenvalue weighted by Crippen LogP contribution is 2.36. The van der Waals surface area contributed by atoms with Crippen LogP contribution in [0.3, 0.4) is 0 Å². The van der Waals surface area contributed by atoms with Crippen molar-refractivity contribution >= 4 is 16.9 Å². The summed E-state index contributed by atoms with van der Waals surface area (Å²) < 4.78 is 13.0. The van der Waals surface area contributed by atoms with Crippen LogP contribution in [0.15, 0.2) is 60.7 Å². The van der Waals surface area contributed by atoms with E-state index in [0.29, 0.717) is 36.1 Å². The number of methoxy groups -OCH3 is 2. The third kappa shape index (κ3) is 5.26. The fraction of sp³-hybridized carbons (Fsp3) is 0.333. The zero-order valence-electron chi connectivity index (χ0n) is 21.4. The van der Waals surface area contributed by atoms with Crippen LogP contribution in [-0.2, 0) is 6.42 Å². The molecule has 1 aliphatic carbocycles. The van der Waals surface area contributed by atoms with Crippen LogP contribution in [-0.4, -0.2) is 41.3 Å². The van der Waals surface area contributed by atoms with Crippen LogP contribution in [0.25, 0.3) is 22.4 Å². The number of imidazole rings is 1. The molecule has 1 fully saturated rings. The predicted octanol–water partition coefficient (Wildman–Crippen LogP) is 5.90. The molecule has 0 unspecified atom stereocenters. The Hall–Kier alpha value is -4.00. The quantitative estimate of drug-likeness (QED) is 0.315. The van der Waals surface area contributed by atoms with E-state index in [9.17, 15) is 9.90 Å². The second kappa shape index (κ2) is 10.9. The largest absolute Gasteiger partial charge is 0.508 e. The molecule has 1 heterocycles. The molecule has 1 aromatic heterocycles. The topological polar surface area (TPSA) is 85.6 Å². The molecule has 0 radical (unpaired) electrons. The number of hydrogen-bond acceptors (Lipinski definition) is 5. The molecule has 1 saturated carbocycles. The molecule has 0 atom stereocenters. The number of nitrogens with one attached hydrogen (secondary N) is 1. The van der Waals surface area contributed by atoms with E-state index in [2.05, 4.69) is 9.88 Å². The van der Waals surface area contributed by atoms with Gasteiger partial charge in [0.05, 0.1) is 25.3 Å². The first-order chi connectivity index (χ1) is 18.1. The summed E-state index contributed by atoms with van der Waals surface area (Å²) in [6, 6.07) is 19.1. The number of fused-ring (bicyclic) bond motifs is 1. The summed E-state index contributed by atoms with van der Waals surface area (Å²) in [5.41, 5.74) is 4.32. The van der Waals surface area contributed by atoms with Crippen molar-refractivity contribution in [1.82, 2.24) is 14.9 Å². The molecular formula is C30H33N3O4. The lowest BCUT2D eigenvalue weighted by molar-refractivity contribution is 0.0954. The Kier molecular flexibility index (Phi) is 7.30. The van der Waals surface area contributed by atoms with Gasteiger partial charge in [-0.2, -0.15) is 0 Å². The average Bonchev–Trinajstić information content (AvgIpc) is 3.32.